The van der Waals surface area contributed by atoms with Crippen LogP contribution in [0.25, 0.3) is 0 Å². The molecule has 0 aromatic heterocycles. The second kappa shape index (κ2) is 10.6. The van der Waals surface area contributed by atoms with Gasteiger partial charge in [0.25, 0.3) is 5.91 Å². The van der Waals surface area contributed by atoms with E-state index in [1.165, 1.54) is 4.90 Å². The van der Waals surface area contributed by atoms with E-state index < -0.39 is 30.4 Å². The van der Waals surface area contributed by atoms with Crippen molar-refractivity contribution in [3.05, 3.63) is 65.7 Å². The number of carbonyl (C=O) groups is 4. The van der Waals surface area contributed by atoms with Crippen LogP contribution in [0.1, 0.15) is 42.2 Å². The lowest BCUT2D eigenvalue weighted by Gasteiger charge is -2.17. The molecule has 1 aliphatic heterocycles. The Kier molecular flexibility index (Phi) is 7.59. The Morgan fingerprint density at radius 2 is 1.75 bits per heavy atom. The fourth-order valence-corrected chi connectivity index (χ4v) is 3.47. The van der Waals surface area contributed by atoms with Crippen molar-refractivity contribution in [1.29, 1.82) is 0 Å². The molecule has 1 fully saturated rings. The standard InChI is InChI=1S/C24H26N2O6/c1-3-31-23(29)18-9-11-20(12-10-18)26-14-19(13-22(26)28)24(30)32-15-21(27)25-16(2)17-7-5-4-6-8-17/h4-12,16,19H,3,13-15H2,1-2H3,(H,25,27)/t16-,19+/m1/s1. The van der Waals surface area contributed by atoms with Crippen LogP contribution in [0, 0.1) is 5.92 Å². The van der Waals surface area contributed by atoms with Gasteiger partial charge in [0.2, 0.25) is 5.91 Å². The lowest BCUT2D eigenvalue weighted by Crippen LogP contribution is -2.32. The van der Waals surface area contributed by atoms with Gasteiger partial charge in [-0.15, -0.1) is 0 Å². The van der Waals surface area contributed by atoms with E-state index in [0.717, 1.165) is 5.56 Å². The molecule has 0 bridgehead atoms. The molecule has 168 valence electrons. The maximum Gasteiger partial charge on any atom is 0.338 e. The quantitative estimate of drug-likeness (QED) is 0.636. The van der Waals surface area contributed by atoms with E-state index in [-0.39, 0.29) is 31.5 Å². The number of hydrogen-bond acceptors (Lipinski definition) is 6. The number of rotatable bonds is 8. The molecule has 32 heavy (non-hydrogen) atoms. The molecule has 2 amide bonds. The van der Waals surface area contributed by atoms with Crippen molar-refractivity contribution in [2.45, 2.75) is 26.3 Å². The van der Waals surface area contributed by atoms with Gasteiger partial charge < -0.3 is 19.7 Å². The molecule has 0 spiro atoms. The predicted molar refractivity (Wildman–Crippen MR) is 117 cm³/mol. The molecular formula is C24H26N2O6. The van der Waals surface area contributed by atoms with Crippen LogP contribution in [-0.4, -0.2) is 43.5 Å². The average Bonchev–Trinajstić information content (AvgIpc) is 3.20. The van der Waals surface area contributed by atoms with Crippen LogP contribution < -0.4 is 10.2 Å². The number of benzene rings is 2. The van der Waals surface area contributed by atoms with Crippen LogP contribution in [0.15, 0.2) is 54.6 Å². The van der Waals surface area contributed by atoms with E-state index in [9.17, 15) is 19.2 Å². The smallest absolute Gasteiger partial charge is 0.338 e. The summed E-state index contributed by atoms with van der Waals surface area (Å²) in [7, 11) is 0. The highest BCUT2D eigenvalue weighted by Crippen LogP contribution is 2.26. The summed E-state index contributed by atoms with van der Waals surface area (Å²) in [5, 5.41) is 2.78. The molecule has 0 unspecified atom stereocenters. The first-order valence-electron chi connectivity index (χ1n) is 10.5. The van der Waals surface area contributed by atoms with Crippen LogP contribution >= 0.6 is 0 Å². The molecule has 3 rings (SSSR count). The topological polar surface area (TPSA) is 102 Å². The van der Waals surface area contributed by atoms with E-state index in [2.05, 4.69) is 5.32 Å². The Morgan fingerprint density at radius 1 is 1.06 bits per heavy atom. The van der Waals surface area contributed by atoms with Crippen molar-refractivity contribution in [2.24, 2.45) is 5.92 Å². The van der Waals surface area contributed by atoms with Gasteiger partial charge in [0.15, 0.2) is 6.61 Å². The normalized spacial score (nSPS) is 16.4. The van der Waals surface area contributed by atoms with Gasteiger partial charge in [-0.1, -0.05) is 30.3 Å². The summed E-state index contributed by atoms with van der Waals surface area (Å²) in [6, 6.07) is 15.6. The molecule has 0 saturated carbocycles. The summed E-state index contributed by atoms with van der Waals surface area (Å²) < 4.78 is 10.1. The second-order valence-electron chi connectivity index (χ2n) is 7.48. The Labute approximate surface area is 186 Å². The highest BCUT2D eigenvalue weighted by Gasteiger charge is 2.36. The van der Waals surface area contributed by atoms with Gasteiger partial charge in [-0.25, -0.2) is 4.79 Å². The van der Waals surface area contributed by atoms with Gasteiger partial charge in [0.05, 0.1) is 24.1 Å². The zero-order chi connectivity index (χ0) is 23.1. The molecular weight excluding hydrogens is 412 g/mol. The van der Waals surface area contributed by atoms with E-state index in [0.29, 0.717) is 11.3 Å². The summed E-state index contributed by atoms with van der Waals surface area (Å²) in [5.41, 5.74) is 1.90. The number of esters is 2. The Balaban J connectivity index is 1.50. The van der Waals surface area contributed by atoms with Crippen molar-refractivity contribution in [1.82, 2.24) is 5.32 Å². The van der Waals surface area contributed by atoms with Gasteiger partial charge in [-0.05, 0) is 43.7 Å². The van der Waals surface area contributed by atoms with Gasteiger partial charge in [0, 0.05) is 18.7 Å². The SMILES string of the molecule is CCOC(=O)c1ccc(N2C[C@@H](C(=O)OCC(=O)N[C@H](C)c3ccccc3)CC2=O)cc1. The van der Waals surface area contributed by atoms with E-state index in [1.807, 2.05) is 37.3 Å². The zero-order valence-corrected chi connectivity index (χ0v) is 18.1. The van der Waals surface area contributed by atoms with E-state index >= 15 is 0 Å². The molecule has 0 radical (unpaired) electrons. The van der Waals surface area contributed by atoms with Gasteiger partial charge in [-0.3, -0.25) is 14.4 Å². The summed E-state index contributed by atoms with van der Waals surface area (Å²) in [4.78, 5) is 50.2. The first-order valence-corrected chi connectivity index (χ1v) is 10.5. The highest BCUT2D eigenvalue weighted by molar-refractivity contribution is 6.00. The van der Waals surface area contributed by atoms with Crippen LogP contribution in [0.3, 0.4) is 0 Å². The molecule has 2 atom stereocenters. The molecule has 8 nitrogen and oxygen atoms in total. The summed E-state index contributed by atoms with van der Waals surface area (Å²) in [5.74, 6) is -2.32. The maximum atomic E-state index is 12.4. The third-order valence-corrected chi connectivity index (χ3v) is 5.17. The monoisotopic (exact) mass is 438 g/mol. The van der Waals surface area contributed by atoms with Crippen LogP contribution in [0.2, 0.25) is 0 Å². The Morgan fingerprint density at radius 3 is 2.41 bits per heavy atom. The second-order valence-corrected chi connectivity index (χ2v) is 7.48. The van der Waals surface area contributed by atoms with Gasteiger partial charge in [-0.2, -0.15) is 0 Å². The number of amides is 2. The number of carbonyl (C=O) groups excluding carboxylic acids is 4. The minimum Gasteiger partial charge on any atom is -0.462 e. The molecule has 1 saturated heterocycles. The Hall–Kier alpha value is -3.68. The largest absolute Gasteiger partial charge is 0.462 e. The molecule has 1 aliphatic rings. The first kappa shape index (κ1) is 23.0. The van der Waals surface area contributed by atoms with Crippen LogP contribution in [0.4, 0.5) is 5.69 Å². The number of hydrogen-bond donors (Lipinski definition) is 1. The molecule has 2 aromatic rings. The lowest BCUT2D eigenvalue weighted by molar-refractivity contribution is -0.152. The molecule has 1 heterocycles. The van der Waals surface area contributed by atoms with Gasteiger partial charge >= 0.3 is 11.9 Å². The summed E-state index contributed by atoms with van der Waals surface area (Å²) >= 11 is 0. The van der Waals surface area contributed by atoms with E-state index in [1.54, 1.807) is 31.2 Å². The highest BCUT2D eigenvalue weighted by atomic mass is 16.5. The van der Waals surface area contributed by atoms with Gasteiger partial charge in [0.1, 0.15) is 0 Å². The van der Waals surface area contributed by atoms with Crippen molar-refractivity contribution in [2.75, 3.05) is 24.7 Å². The Bertz CT molecular complexity index is 974. The van der Waals surface area contributed by atoms with Crippen molar-refractivity contribution >= 4 is 29.4 Å². The van der Waals surface area contributed by atoms with Crippen LogP contribution in [0.5, 0.6) is 0 Å². The average molecular weight is 438 g/mol. The third-order valence-electron chi connectivity index (χ3n) is 5.17. The fraction of sp³-hybridized carbons (Fsp3) is 0.333. The zero-order valence-electron chi connectivity index (χ0n) is 18.1. The predicted octanol–water partition coefficient (Wildman–Crippen LogP) is 2.64. The van der Waals surface area contributed by atoms with Crippen molar-refractivity contribution in [3.63, 3.8) is 0 Å². The summed E-state index contributed by atoms with van der Waals surface area (Å²) in [6.45, 7) is 3.59. The van der Waals surface area contributed by atoms with Crippen LogP contribution in [-0.2, 0) is 23.9 Å². The minimum absolute atomic E-state index is 0.000494. The number of nitrogens with zero attached hydrogens (tertiary/aromatic N) is 1. The first-order chi connectivity index (χ1) is 15.4. The fourth-order valence-electron chi connectivity index (χ4n) is 3.47. The molecule has 2 aromatic carbocycles. The molecule has 0 aliphatic carbocycles. The van der Waals surface area contributed by atoms with Crippen molar-refractivity contribution < 1.29 is 28.7 Å². The van der Waals surface area contributed by atoms with Crippen molar-refractivity contribution in [3.8, 4) is 0 Å². The minimum atomic E-state index is -0.661. The summed E-state index contributed by atoms with van der Waals surface area (Å²) in [6.07, 6.45) is 0.000494. The van der Waals surface area contributed by atoms with E-state index in [4.69, 9.17) is 9.47 Å². The molecule has 8 heteroatoms. The maximum absolute atomic E-state index is 12.4. The number of nitrogens with one attached hydrogen (secondary N) is 1. The lowest BCUT2D eigenvalue weighted by atomic mass is 10.1. The number of anilines is 1. The molecule has 1 N–H and O–H groups in total. The number of ether oxygens (including phenoxy) is 2. The third kappa shape index (κ3) is 5.72.